The number of hydrogen-bond acceptors (Lipinski definition) is 5. The molecule has 3 heterocycles. The van der Waals surface area contributed by atoms with Crippen molar-refractivity contribution < 1.29 is 9.53 Å². The van der Waals surface area contributed by atoms with E-state index in [1.54, 1.807) is 4.57 Å². The van der Waals surface area contributed by atoms with E-state index in [0.717, 1.165) is 41.7 Å². The molecule has 0 amide bonds. The van der Waals surface area contributed by atoms with Crippen LogP contribution < -0.4 is 5.56 Å². The number of para-hydroxylation sites is 1. The summed E-state index contributed by atoms with van der Waals surface area (Å²) in [4.78, 5) is 34.4. The first kappa shape index (κ1) is 19.5. The fourth-order valence-electron chi connectivity index (χ4n) is 4.13. The molecule has 1 fully saturated rings. The highest BCUT2D eigenvalue weighted by molar-refractivity contribution is 7.21. The van der Waals surface area contributed by atoms with Crippen LogP contribution >= 0.6 is 11.3 Å². The van der Waals surface area contributed by atoms with Gasteiger partial charge in [0.2, 0.25) is 0 Å². The van der Waals surface area contributed by atoms with E-state index in [0.29, 0.717) is 20.8 Å². The van der Waals surface area contributed by atoms with E-state index in [-0.39, 0.29) is 5.56 Å². The Bertz CT molecular complexity index is 1400. The quantitative estimate of drug-likeness (QED) is 0.439. The second-order valence-corrected chi connectivity index (χ2v) is 8.53. The highest BCUT2D eigenvalue weighted by atomic mass is 32.1. The normalized spacial score (nSPS) is 15.3. The molecule has 2 aromatic carbocycles. The summed E-state index contributed by atoms with van der Waals surface area (Å²) >= 11 is 1.25. The van der Waals surface area contributed by atoms with Gasteiger partial charge in [-0.2, -0.15) is 0 Å². The van der Waals surface area contributed by atoms with Crippen molar-refractivity contribution in [2.75, 3.05) is 20.7 Å². The number of carbonyl (C=O) groups is 1. The molecule has 1 saturated heterocycles. The van der Waals surface area contributed by atoms with Crippen LogP contribution in [0.25, 0.3) is 26.7 Å². The van der Waals surface area contributed by atoms with E-state index in [9.17, 15) is 9.59 Å². The number of likely N-dealkylation sites (tertiary alicyclic amines) is 1. The molecular formula is C24H21N3O3S. The lowest BCUT2D eigenvalue weighted by Gasteiger charge is -2.12. The Morgan fingerprint density at radius 3 is 2.45 bits per heavy atom. The lowest BCUT2D eigenvalue weighted by molar-refractivity contribution is 0.0607. The molecule has 0 N–H and O–H groups in total. The SMILES string of the molecule is COC(=O)c1sc2c(c1N=C1CCCN1C)c1ccccc1c(=O)n2-c1ccccc1. The molecule has 4 aromatic rings. The number of nitrogens with zero attached hydrogens (tertiary/aromatic N) is 3. The molecule has 7 heteroatoms. The second-order valence-electron chi connectivity index (χ2n) is 7.53. The van der Waals surface area contributed by atoms with E-state index in [4.69, 9.17) is 9.73 Å². The minimum Gasteiger partial charge on any atom is -0.465 e. The number of pyridine rings is 1. The van der Waals surface area contributed by atoms with E-state index >= 15 is 0 Å². The summed E-state index contributed by atoms with van der Waals surface area (Å²) in [7, 11) is 3.38. The number of carbonyl (C=O) groups excluding carboxylic acids is 1. The minimum atomic E-state index is -0.447. The van der Waals surface area contributed by atoms with E-state index in [1.807, 2.05) is 61.6 Å². The molecule has 1 aliphatic heterocycles. The van der Waals surface area contributed by atoms with Gasteiger partial charge in [-0.15, -0.1) is 11.3 Å². The van der Waals surface area contributed by atoms with Gasteiger partial charge in [0.25, 0.3) is 5.56 Å². The van der Waals surface area contributed by atoms with Crippen LogP contribution in [0, 0.1) is 0 Å². The van der Waals surface area contributed by atoms with Crippen LogP contribution in [0.2, 0.25) is 0 Å². The van der Waals surface area contributed by atoms with Crippen molar-refractivity contribution in [3.05, 3.63) is 69.8 Å². The average Bonchev–Trinajstić information content (AvgIpc) is 3.38. The molecule has 0 spiro atoms. The molecule has 2 aromatic heterocycles. The molecule has 156 valence electrons. The summed E-state index contributed by atoms with van der Waals surface area (Å²) in [5, 5.41) is 2.19. The number of esters is 1. The van der Waals surface area contributed by atoms with E-state index in [1.165, 1.54) is 18.4 Å². The Morgan fingerprint density at radius 2 is 1.77 bits per heavy atom. The van der Waals surface area contributed by atoms with Crippen LogP contribution in [0.5, 0.6) is 0 Å². The molecule has 0 unspecified atom stereocenters. The average molecular weight is 432 g/mol. The number of thiophene rings is 1. The number of methoxy groups -OCH3 is 1. The predicted molar refractivity (Wildman–Crippen MR) is 125 cm³/mol. The molecule has 6 nitrogen and oxygen atoms in total. The van der Waals surface area contributed by atoms with Crippen LogP contribution in [0.1, 0.15) is 22.5 Å². The van der Waals surface area contributed by atoms with E-state index < -0.39 is 5.97 Å². The summed E-state index contributed by atoms with van der Waals surface area (Å²) in [6.07, 6.45) is 1.88. The van der Waals surface area contributed by atoms with Gasteiger partial charge in [-0.3, -0.25) is 9.36 Å². The van der Waals surface area contributed by atoms with Gasteiger partial charge in [0, 0.05) is 30.8 Å². The number of hydrogen-bond donors (Lipinski definition) is 0. The maximum atomic E-state index is 13.5. The molecule has 1 aliphatic rings. The number of aromatic nitrogens is 1. The zero-order valence-electron chi connectivity index (χ0n) is 17.3. The van der Waals surface area contributed by atoms with Gasteiger partial charge in [0.05, 0.1) is 12.8 Å². The second kappa shape index (κ2) is 7.67. The summed E-state index contributed by atoms with van der Waals surface area (Å²) < 4.78 is 6.76. The summed E-state index contributed by atoms with van der Waals surface area (Å²) in [6.45, 7) is 0.934. The Labute approximate surface area is 183 Å². The van der Waals surface area contributed by atoms with E-state index in [2.05, 4.69) is 4.90 Å². The zero-order valence-corrected chi connectivity index (χ0v) is 18.1. The maximum absolute atomic E-state index is 13.5. The Morgan fingerprint density at radius 1 is 1.06 bits per heavy atom. The van der Waals surface area contributed by atoms with Gasteiger partial charge in [0.15, 0.2) is 0 Å². The summed E-state index contributed by atoms with van der Waals surface area (Å²) in [6, 6.07) is 17.0. The largest absolute Gasteiger partial charge is 0.465 e. The fraction of sp³-hybridized carbons (Fsp3) is 0.208. The first-order valence-electron chi connectivity index (χ1n) is 10.1. The van der Waals surface area contributed by atoms with Gasteiger partial charge in [-0.25, -0.2) is 9.79 Å². The first-order chi connectivity index (χ1) is 15.1. The van der Waals surface area contributed by atoms with Crippen LogP contribution in [0.15, 0.2) is 64.4 Å². The third kappa shape index (κ3) is 3.13. The van der Waals surface area contributed by atoms with Crippen molar-refractivity contribution in [2.24, 2.45) is 4.99 Å². The lowest BCUT2D eigenvalue weighted by atomic mass is 10.1. The Balaban J connectivity index is 1.97. The first-order valence-corrected chi connectivity index (χ1v) is 10.9. The predicted octanol–water partition coefficient (Wildman–Crippen LogP) is 4.75. The van der Waals surface area contributed by atoms with Crippen molar-refractivity contribution in [2.45, 2.75) is 12.8 Å². The highest BCUT2D eigenvalue weighted by Crippen LogP contribution is 2.42. The molecule has 0 saturated carbocycles. The van der Waals surface area contributed by atoms with Crippen molar-refractivity contribution in [1.29, 1.82) is 0 Å². The van der Waals surface area contributed by atoms with Gasteiger partial charge in [-0.1, -0.05) is 36.4 Å². The molecule has 0 bridgehead atoms. The molecule has 31 heavy (non-hydrogen) atoms. The smallest absolute Gasteiger partial charge is 0.350 e. The Hall–Kier alpha value is -3.45. The molecule has 0 aliphatic carbocycles. The molecule has 0 atom stereocenters. The van der Waals surface area contributed by atoms with Gasteiger partial charge < -0.3 is 9.64 Å². The number of rotatable bonds is 3. The van der Waals surface area contributed by atoms with Crippen LogP contribution in [0.4, 0.5) is 5.69 Å². The standard InChI is InChI=1S/C24H21N3O3S/c1-26-14-8-13-18(26)25-20-19-16-11-6-7-12-17(16)22(28)27(15-9-4-3-5-10-15)23(19)31-21(20)24(29)30-2/h3-7,9-12H,8,13-14H2,1-2H3. The number of ether oxygens (including phenoxy) is 1. The topological polar surface area (TPSA) is 63.9 Å². The van der Waals surface area contributed by atoms with Crippen molar-refractivity contribution in [3.8, 4) is 5.69 Å². The van der Waals surface area contributed by atoms with Crippen molar-refractivity contribution >= 4 is 49.8 Å². The highest BCUT2D eigenvalue weighted by Gasteiger charge is 2.26. The zero-order chi connectivity index (χ0) is 21.5. The van der Waals surface area contributed by atoms with Crippen molar-refractivity contribution in [1.82, 2.24) is 9.47 Å². The maximum Gasteiger partial charge on any atom is 0.350 e. The molecule has 5 rings (SSSR count). The number of fused-ring (bicyclic) bond motifs is 3. The monoisotopic (exact) mass is 431 g/mol. The van der Waals surface area contributed by atoms with Crippen LogP contribution in [-0.4, -0.2) is 42.0 Å². The number of amidine groups is 1. The van der Waals surface area contributed by atoms with Crippen LogP contribution in [0.3, 0.4) is 0 Å². The molecule has 0 radical (unpaired) electrons. The van der Waals surface area contributed by atoms with Crippen molar-refractivity contribution in [3.63, 3.8) is 0 Å². The Kier molecular flexibility index (Phi) is 4.82. The minimum absolute atomic E-state index is 0.121. The number of benzene rings is 2. The third-order valence-electron chi connectivity index (χ3n) is 5.66. The molecular weight excluding hydrogens is 410 g/mol. The third-order valence-corrected chi connectivity index (χ3v) is 6.80. The van der Waals surface area contributed by atoms with Gasteiger partial charge >= 0.3 is 5.97 Å². The summed E-state index contributed by atoms with van der Waals surface area (Å²) in [5.74, 6) is 0.490. The van der Waals surface area contributed by atoms with Crippen LogP contribution in [-0.2, 0) is 4.74 Å². The lowest BCUT2D eigenvalue weighted by Crippen LogP contribution is -2.19. The van der Waals surface area contributed by atoms with Gasteiger partial charge in [0.1, 0.15) is 21.2 Å². The number of aliphatic imine (C=N–C) groups is 1. The van der Waals surface area contributed by atoms with Gasteiger partial charge in [-0.05, 0) is 30.0 Å². The summed E-state index contributed by atoms with van der Waals surface area (Å²) in [5.41, 5.74) is 1.21. The fourth-order valence-corrected chi connectivity index (χ4v) is 5.32.